The number of hydrogen-bond acceptors (Lipinski definition) is 3. The van der Waals surface area contributed by atoms with Gasteiger partial charge in [-0.05, 0) is 24.3 Å². The van der Waals surface area contributed by atoms with E-state index in [2.05, 4.69) is 19.2 Å². The summed E-state index contributed by atoms with van der Waals surface area (Å²) in [5.74, 6) is 0. The van der Waals surface area contributed by atoms with Crippen LogP contribution in [0.15, 0.2) is 24.3 Å². The van der Waals surface area contributed by atoms with Crippen molar-refractivity contribution in [1.29, 1.82) is 10.8 Å². The Bertz CT molecular complexity index is 183. The molecule has 0 aliphatic carbocycles. The molecule has 0 bridgehead atoms. The molecule has 0 rings (SSSR count). The zero-order valence-electron chi connectivity index (χ0n) is 7.59. The molecule has 0 spiro atoms. The third-order valence-electron chi connectivity index (χ3n) is 1.13. The van der Waals surface area contributed by atoms with Crippen LogP contribution in [0.3, 0.4) is 0 Å². The van der Waals surface area contributed by atoms with Crippen molar-refractivity contribution in [2.24, 2.45) is 0 Å². The van der Waals surface area contributed by atoms with Crippen LogP contribution in [0, 0.1) is 10.8 Å². The van der Waals surface area contributed by atoms with Crippen LogP contribution in [-0.2, 0) is 0 Å². The van der Waals surface area contributed by atoms with Crippen molar-refractivity contribution in [2.45, 2.75) is 13.3 Å². The number of rotatable bonds is 4. The van der Waals surface area contributed by atoms with E-state index in [0.29, 0.717) is 17.7 Å². The maximum atomic E-state index is 7.30. The van der Waals surface area contributed by atoms with Crippen molar-refractivity contribution < 1.29 is 0 Å². The van der Waals surface area contributed by atoms with Crippen LogP contribution in [0.1, 0.15) is 13.3 Å². The minimum absolute atomic E-state index is 0.526. The first-order valence-electron chi connectivity index (χ1n) is 3.61. The molecular formula is C9H16N2S. The van der Waals surface area contributed by atoms with Crippen molar-refractivity contribution in [3.63, 3.8) is 0 Å². The van der Waals surface area contributed by atoms with E-state index in [1.54, 1.807) is 18.4 Å². The molecule has 0 radical (unpaired) electrons. The van der Waals surface area contributed by atoms with Gasteiger partial charge in [-0.25, -0.2) is 0 Å². The fraction of sp³-hybridized carbons (Fsp3) is 0.333. The molecule has 2 nitrogen and oxygen atoms in total. The first-order valence-corrected chi connectivity index (χ1v) is 4.50. The summed E-state index contributed by atoms with van der Waals surface area (Å²) < 4.78 is 0. The second-order valence-electron chi connectivity index (χ2n) is 1.88. The lowest BCUT2D eigenvalue weighted by molar-refractivity contribution is 1.24. The highest BCUT2D eigenvalue weighted by Crippen LogP contribution is 1.97. The molecule has 0 atom stereocenters. The summed E-state index contributed by atoms with van der Waals surface area (Å²) in [7, 11) is 0. The maximum Gasteiger partial charge on any atom is 0.0377 e. The molecule has 0 heterocycles. The second kappa shape index (κ2) is 10.2. The van der Waals surface area contributed by atoms with Crippen molar-refractivity contribution in [3.05, 3.63) is 24.3 Å². The van der Waals surface area contributed by atoms with E-state index in [1.807, 2.05) is 6.92 Å². The summed E-state index contributed by atoms with van der Waals surface area (Å²) >= 11 is 3.53. The molecule has 0 unspecified atom stereocenters. The van der Waals surface area contributed by atoms with Crippen molar-refractivity contribution >= 4 is 24.6 Å². The quantitative estimate of drug-likeness (QED) is 0.342. The standard InChI is InChI=1S/C8H12N2.CH4S/c1-3-8(10)7(2)5-4-6-9;1-2/h4-6,9-10H,2-3H2,1H3;2H,1H3/b5-4-,9-6?,10-8?;. The van der Waals surface area contributed by atoms with Gasteiger partial charge in [-0.15, -0.1) is 0 Å². The Morgan fingerprint density at radius 2 is 2.00 bits per heavy atom. The van der Waals surface area contributed by atoms with Crippen LogP contribution in [0.4, 0.5) is 0 Å². The van der Waals surface area contributed by atoms with Crippen LogP contribution >= 0.6 is 12.6 Å². The molecule has 0 saturated carbocycles. The summed E-state index contributed by atoms with van der Waals surface area (Å²) in [5.41, 5.74) is 1.21. The lowest BCUT2D eigenvalue weighted by Crippen LogP contribution is -1.94. The van der Waals surface area contributed by atoms with Crippen molar-refractivity contribution in [2.75, 3.05) is 6.26 Å². The fourth-order valence-electron chi connectivity index (χ4n) is 0.492. The molecule has 2 N–H and O–H groups in total. The molecule has 12 heavy (non-hydrogen) atoms. The van der Waals surface area contributed by atoms with Gasteiger partial charge in [-0.2, -0.15) is 12.6 Å². The Kier molecular flexibility index (Phi) is 11.6. The van der Waals surface area contributed by atoms with Gasteiger partial charge >= 0.3 is 0 Å². The highest BCUT2D eigenvalue weighted by Gasteiger charge is 1.92. The highest BCUT2D eigenvalue weighted by molar-refractivity contribution is 7.79. The summed E-state index contributed by atoms with van der Waals surface area (Å²) in [6.45, 7) is 5.56. The fourth-order valence-corrected chi connectivity index (χ4v) is 0.492. The normalized spacial score (nSPS) is 8.58. The lowest BCUT2D eigenvalue weighted by atomic mass is 10.1. The van der Waals surface area contributed by atoms with Gasteiger partial charge in [-0.3, -0.25) is 0 Å². The van der Waals surface area contributed by atoms with Gasteiger partial charge in [0.25, 0.3) is 0 Å². The first kappa shape index (κ1) is 13.7. The molecule has 0 aliphatic rings. The van der Waals surface area contributed by atoms with E-state index >= 15 is 0 Å². The third-order valence-corrected chi connectivity index (χ3v) is 1.13. The van der Waals surface area contributed by atoms with E-state index in [-0.39, 0.29) is 0 Å². The zero-order valence-corrected chi connectivity index (χ0v) is 8.49. The Morgan fingerprint density at radius 1 is 1.50 bits per heavy atom. The average molecular weight is 184 g/mol. The molecule has 68 valence electrons. The van der Waals surface area contributed by atoms with Crippen LogP contribution < -0.4 is 0 Å². The van der Waals surface area contributed by atoms with Crippen LogP contribution in [-0.4, -0.2) is 18.2 Å². The topological polar surface area (TPSA) is 47.7 Å². The Hall–Kier alpha value is -0.830. The summed E-state index contributed by atoms with van der Waals surface area (Å²) in [5, 5.41) is 14.0. The number of hydrogen-bond donors (Lipinski definition) is 3. The van der Waals surface area contributed by atoms with Crippen molar-refractivity contribution in [1.82, 2.24) is 0 Å². The van der Waals surface area contributed by atoms with Gasteiger partial charge < -0.3 is 10.8 Å². The van der Waals surface area contributed by atoms with E-state index in [9.17, 15) is 0 Å². The second-order valence-corrected chi connectivity index (χ2v) is 1.88. The SMILES string of the molecule is C=C(/C=C\C=N)C(=N)CC.CS. The van der Waals surface area contributed by atoms with Gasteiger partial charge in [0.2, 0.25) is 0 Å². The maximum absolute atomic E-state index is 7.30. The van der Waals surface area contributed by atoms with Gasteiger partial charge in [0.05, 0.1) is 0 Å². The van der Waals surface area contributed by atoms with Gasteiger partial charge in [-0.1, -0.05) is 19.6 Å². The molecule has 0 aromatic heterocycles. The van der Waals surface area contributed by atoms with Gasteiger partial charge in [0, 0.05) is 11.9 Å². The first-order chi connectivity index (χ1) is 5.72. The lowest BCUT2D eigenvalue weighted by Gasteiger charge is -1.95. The summed E-state index contributed by atoms with van der Waals surface area (Å²) in [6, 6.07) is 0. The highest BCUT2D eigenvalue weighted by atomic mass is 32.1. The Morgan fingerprint density at radius 3 is 2.33 bits per heavy atom. The zero-order chi connectivity index (χ0) is 9.98. The monoisotopic (exact) mass is 184 g/mol. The van der Waals surface area contributed by atoms with Crippen LogP contribution in [0.2, 0.25) is 0 Å². The largest absolute Gasteiger partial charge is 0.309 e. The smallest absolute Gasteiger partial charge is 0.0377 e. The van der Waals surface area contributed by atoms with Crippen LogP contribution in [0.25, 0.3) is 0 Å². The molecule has 0 aromatic carbocycles. The minimum Gasteiger partial charge on any atom is -0.309 e. The average Bonchev–Trinajstić information content (AvgIpc) is 2.16. The van der Waals surface area contributed by atoms with Gasteiger partial charge in [0.15, 0.2) is 0 Å². The molecule has 0 saturated heterocycles. The number of nitrogens with one attached hydrogen (secondary N) is 2. The van der Waals surface area contributed by atoms with Crippen molar-refractivity contribution in [3.8, 4) is 0 Å². The molecule has 0 amide bonds. The Balaban J connectivity index is 0. The molecule has 3 heteroatoms. The summed E-state index contributed by atoms with van der Waals surface area (Å²) in [6.07, 6.45) is 6.79. The van der Waals surface area contributed by atoms with E-state index in [4.69, 9.17) is 10.8 Å². The predicted octanol–water partition coefficient (Wildman–Crippen LogP) is 2.72. The molecule has 0 aromatic rings. The third kappa shape index (κ3) is 7.28. The van der Waals surface area contributed by atoms with Gasteiger partial charge in [0.1, 0.15) is 0 Å². The molecule has 0 fully saturated rings. The predicted molar refractivity (Wildman–Crippen MR) is 60.0 cm³/mol. The Labute approximate surface area is 79.8 Å². The molecule has 0 aliphatic heterocycles. The minimum atomic E-state index is 0.526. The number of thiol groups is 1. The summed E-state index contributed by atoms with van der Waals surface area (Å²) in [4.78, 5) is 0. The van der Waals surface area contributed by atoms with Crippen LogP contribution in [0.5, 0.6) is 0 Å². The van der Waals surface area contributed by atoms with E-state index < -0.39 is 0 Å². The molecular weight excluding hydrogens is 168 g/mol. The van der Waals surface area contributed by atoms with E-state index in [1.165, 1.54) is 6.21 Å². The van der Waals surface area contributed by atoms with E-state index in [0.717, 1.165) is 0 Å². The number of allylic oxidation sites excluding steroid dienone is 3.